The Kier molecular flexibility index (Phi) is 7.12. The normalized spacial score (nSPS) is 16.2. The molecule has 1 aliphatic rings. The third-order valence-corrected chi connectivity index (χ3v) is 7.46. The fraction of sp³-hybridized carbons (Fsp3) is 0.421. The Morgan fingerprint density at radius 3 is 2.66 bits per heavy atom. The van der Waals surface area contributed by atoms with Crippen LogP contribution >= 0.6 is 11.3 Å². The molecule has 29 heavy (non-hydrogen) atoms. The van der Waals surface area contributed by atoms with Crippen molar-refractivity contribution in [3.05, 3.63) is 35.0 Å². The SMILES string of the molecule is COc1ccc(NC(=O)CN2CCCN(S(=O)(=O)c3ccsc3)CC2)c(OC)c1. The quantitative estimate of drug-likeness (QED) is 0.711. The molecule has 0 atom stereocenters. The molecular formula is C19H25N3O5S2. The van der Waals surface area contributed by atoms with Crippen LogP contribution in [-0.4, -0.2) is 70.5 Å². The summed E-state index contributed by atoms with van der Waals surface area (Å²) in [6.07, 6.45) is 0.669. The number of amides is 1. The molecule has 1 aliphatic heterocycles. The number of ether oxygens (including phenoxy) is 2. The van der Waals surface area contributed by atoms with E-state index in [1.807, 2.05) is 4.90 Å². The monoisotopic (exact) mass is 439 g/mol. The molecule has 0 unspecified atom stereocenters. The summed E-state index contributed by atoms with van der Waals surface area (Å²) in [5, 5.41) is 6.26. The molecule has 0 saturated carbocycles. The first kappa shape index (κ1) is 21.6. The van der Waals surface area contributed by atoms with E-state index in [9.17, 15) is 13.2 Å². The number of thiophene rings is 1. The highest BCUT2D eigenvalue weighted by Crippen LogP contribution is 2.29. The molecule has 2 heterocycles. The molecule has 0 aliphatic carbocycles. The lowest BCUT2D eigenvalue weighted by atomic mass is 10.2. The number of carbonyl (C=O) groups is 1. The van der Waals surface area contributed by atoms with Gasteiger partial charge in [-0.25, -0.2) is 8.42 Å². The van der Waals surface area contributed by atoms with Crippen molar-refractivity contribution in [3.8, 4) is 11.5 Å². The Morgan fingerprint density at radius 2 is 1.97 bits per heavy atom. The number of rotatable bonds is 7. The van der Waals surface area contributed by atoms with Crippen LogP contribution in [0.5, 0.6) is 11.5 Å². The van der Waals surface area contributed by atoms with Crippen molar-refractivity contribution in [2.45, 2.75) is 11.3 Å². The Morgan fingerprint density at radius 1 is 1.14 bits per heavy atom. The fourth-order valence-electron chi connectivity index (χ4n) is 3.19. The van der Waals surface area contributed by atoms with Gasteiger partial charge in [-0.3, -0.25) is 9.69 Å². The third-order valence-electron chi connectivity index (χ3n) is 4.73. The van der Waals surface area contributed by atoms with Crippen LogP contribution in [0.1, 0.15) is 6.42 Å². The van der Waals surface area contributed by atoms with E-state index >= 15 is 0 Å². The standard InChI is InChI=1S/C19H25N3O5S2/c1-26-15-4-5-17(18(12-15)27-2)20-19(23)13-21-7-3-8-22(10-9-21)29(24,25)16-6-11-28-14-16/h4-6,11-12,14H,3,7-10,13H2,1-2H3,(H,20,23). The Labute approximate surface area is 175 Å². The molecule has 0 spiro atoms. The van der Waals surface area contributed by atoms with Crippen molar-refractivity contribution in [1.29, 1.82) is 0 Å². The number of methoxy groups -OCH3 is 2. The van der Waals surface area contributed by atoms with E-state index in [0.717, 1.165) is 0 Å². The van der Waals surface area contributed by atoms with Gasteiger partial charge in [-0.1, -0.05) is 0 Å². The van der Waals surface area contributed by atoms with Crippen molar-refractivity contribution < 1.29 is 22.7 Å². The molecule has 1 N–H and O–H groups in total. The Hall–Kier alpha value is -2.14. The van der Waals surface area contributed by atoms with Crippen LogP contribution < -0.4 is 14.8 Å². The number of anilines is 1. The van der Waals surface area contributed by atoms with Crippen LogP contribution in [0.15, 0.2) is 39.9 Å². The lowest BCUT2D eigenvalue weighted by Gasteiger charge is -2.21. The van der Waals surface area contributed by atoms with E-state index < -0.39 is 10.0 Å². The maximum absolute atomic E-state index is 12.7. The largest absolute Gasteiger partial charge is 0.497 e. The number of carbonyl (C=O) groups excluding carboxylic acids is 1. The summed E-state index contributed by atoms with van der Waals surface area (Å²) in [6, 6.07) is 6.80. The zero-order valence-corrected chi connectivity index (χ0v) is 18.1. The Balaban J connectivity index is 1.58. The summed E-state index contributed by atoms with van der Waals surface area (Å²) >= 11 is 1.36. The van der Waals surface area contributed by atoms with Gasteiger partial charge in [-0.2, -0.15) is 15.6 Å². The van der Waals surface area contributed by atoms with Crippen LogP contribution in [0.2, 0.25) is 0 Å². The van der Waals surface area contributed by atoms with Crippen molar-refractivity contribution >= 4 is 33.0 Å². The maximum Gasteiger partial charge on any atom is 0.243 e. The third kappa shape index (κ3) is 5.27. The summed E-state index contributed by atoms with van der Waals surface area (Å²) in [4.78, 5) is 14.8. The van der Waals surface area contributed by atoms with Crippen LogP contribution in [0.3, 0.4) is 0 Å². The predicted octanol–water partition coefficient (Wildman–Crippen LogP) is 2.10. The molecular weight excluding hydrogens is 414 g/mol. The molecule has 10 heteroatoms. The first-order chi connectivity index (χ1) is 13.9. The summed E-state index contributed by atoms with van der Waals surface area (Å²) in [7, 11) is -0.377. The fourth-order valence-corrected chi connectivity index (χ4v) is 5.67. The van der Waals surface area contributed by atoms with Gasteiger partial charge in [0, 0.05) is 31.1 Å². The zero-order valence-electron chi connectivity index (χ0n) is 16.5. The van der Waals surface area contributed by atoms with E-state index in [2.05, 4.69) is 5.32 Å². The van der Waals surface area contributed by atoms with Crippen LogP contribution in [0.4, 0.5) is 5.69 Å². The minimum absolute atomic E-state index is 0.178. The molecule has 1 aromatic heterocycles. The van der Waals surface area contributed by atoms with Gasteiger partial charge in [-0.15, -0.1) is 0 Å². The van der Waals surface area contributed by atoms with E-state index in [4.69, 9.17) is 9.47 Å². The number of nitrogens with one attached hydrogen (secondary N) is 1. The van der Waals surface area contributed by atoms with Gasteiger partial charge in [0.2, 0.25) is 15.9 Å². The second-order valence-corrected chi connectivity index (χ2v) is 9.33. The van der Waals surface area contributed by atoms with E-state index in [1.54, 1.807) is 42.1 Å². The average molecular weight is 440 g/mol. The molecule has 1 aromatic carbocycles. The van der Waals surface area contributed by atoms with Crippen LogP contribution in [0, 0.1) is 0 Å². The average Bonchev–Trinajstić information content (AvgIpc) is 3.16. The highest BCUT2D eigenvalue weighted by atomic mass is 32.2. The van der Waals surface area contributed by atoms with Gasteiger partial charge in [0.05, 0.1) is 31.3 Å². The zero-order chi connectivity index (χ0) is 20.9. The van der Waals surface area contributed by atoms with Crippen LogP contribution in [-0.2, 0) is 14.8 Å². The molecule has 3 rings (SSSR count). The predicted molar refractivity (Wildman–Crippen MR) is 112 cm³/mol. The lowest BCUT2D eigenvalue weighted by molar-refractivity contribution is -0.117. The number of hydrogen-bond acceptors (Lipinski definition) is 7. The number of benzene rings is 1. The van der Waals surface area contributed by atoms with Gasteiger partial charge in [0.1, 0.15) is 11.5 Å². The number of sulfonamides is 1. The van der Waals surface area contributed by atoms with E-state index in [1.165, 1.54) is 22.8 Å². The first-order valence-electron chi connectivity index (χ1n) is 9.20. The minimum Gasteiger partial charge on any atom is -0.497 e. The summed E-state index contributed by atoms with van der Waals surface area (Å²) < 4.78 is 37.4. The highest BCUT2D eigenvalue weighted by Gasteiger charge is 2.27. The first-order valence-corrected chi connectivity index (χ1v) is 11.6. The van der Waals surface area contributed by atoms with Gasteiger partial charge in [0.15, 0.2) is 0 Å². The van der Waals surface area contributed by atoms with Crippen molar-refractivity contribution in [2.24, 2.45) is 0 Å². The summed E-state index contributed by atoms with van der Waals surface area (Å²) in [6.45, 7) is 2.14. The van der Waals surface area contributed by atoms with Crippen LogP contribution in [0.25, 0.3) is 0 Å². The summed E-state index contributed by atoms with van der Waals surface area (Å²) in [5.41, 5.74) is 0.565. The van der Waals surface area contributed by atoms with Gasteiger partial charge in [0.25, 0.3) is 0 Å². The molecule has 0 bridgehead atoms. The van der Waals surface area contributed by atoms with Crippen molar-refractivity contribution in [3.63, 3.8) is 0 Å². The topological polar surface area (TPSA) is 88.2 Å². The smallest absolute Gasteiger partial charge is 0.243 e. The van der Waals surface area contributed by atoms with Crippen molar-refractivity contribution in [2.75, 3.05) is 52.3 Å². The molecule has 1 fully saturated rings. The molecule has 2 aromatic rings. The van der Waals surface area contributed by atoms with E-state index in [-0.39, 0.29) is 12.5 Å². The Bertz CT molecular complexity index is 931. The van der Waals surface area contributed by atoms with Gasteiger partial charge >= 0.3 is 0 Å². The second-order valence-electron chi connectivity index (χ2n) is 6.61. The molecule has 1 saturated heterocycles. The maximum atomic E-state index is 12.7. The van der Waals surface area contributed by atoms with Gasteiger partial charge in [-0.05, 0) is 36.5 Å². The highest BCUT2D eigenvalue weighted by molar-refractivity contribution is 7.89. The molecule has 8 nitrogen and oxygen atoms in total. The van der Waals surface area contributed by atoms with Gasteiger partial charge < -0.3 is 14.8 Å². The summed E-state index contributed by atoms with van der Waals surface area (Å²) in [5.74, 6) is 0.975. The number of hydrogen-bond donors (Lipinski definition) is 1. The number of nitrogens with zero attached hydrogens (tertiary/aromatic N) is 2. The van der Waals surface area contributed by atoms with Crippen molar-refractivity contribution in [1.82, 2.24) is 9.21 Å². The lowest BCUT2D eigenvalue weighted by Crippen LogP contribution is -2.38. The minimum atomic E-state index is -3.47. The second kappa shape index (κ2) is 9.57. The van der Waals surface area contributed by atoms with E-state index in [0.29, 0.717) is 54.7 Å². The molecule has 158 valence electrons. The molecule has 0 radical (unpaired) electrons. The molecule has 1 amide bonds.